The van der Waals surface area contributed by atoms with Gasteiger partial charge in [0.25, 0.3) is 0 Å². The maximum Gasteiger partial charge on any atom is 0.234 e. The molecule has 0 spiro atoms. The van der Waals surface area contributed by atoms with E-state index < -0.39 is 6.10 Å². The van der Waals surface area contributed by atoms with E-state index in [0.717, 1.165) is 0 Å². The van der Waals surface area contributed by atoms with Crippen molar-refractivity contribution in [2.24, 2.45) is 0 Å². The second-order valence-corrected chi connectivity index (χ2v) is 6.45. The van der Waals surface area contributed by atoms with E-state index in [1.165, 1.54) is 0 Å². The third-order valence-electron chi connectivity index (χ3n) is 2.45. The summed E-state index contributed by atoms with van der Waals surface area (Å²) in [4.78, 5) is 11.6. The molecule has 1 atom stereocenters. The largest absolute Gasteiger partial charge is 0.387 e. The molecule has 6 heteroatoms. The molecule has 112 valence electrons. The highest BCUT2D eigenvalue weighted by Crippen LogP contribution is 2.25. The number of aliphatic hydroxyl groups is 1. The van der Waals surface area contributed by atoms with Crippen molar-refractivity contribution in [2.45, 2.75) is 32.4 Å². The molecule has 0 saturated heterocycles. The lowest BCUT2D eigenvalue weighted by Gasteiger charge is -2.21. The fourth-order valence-corrected chi connectivity index (χ4v) is 2.09. The van der Waals surface area contributed by atoms with Crippen LogP contribution in [0.5, 0.6) is 0 Å². The lowest BCUT2D eigenvalue weighted by Crippen LogP contribution is -2.45. The Bertz CT molecular complexity index is 473. The second kappa shape index (κ2) is 7.27. The van der Waals surface area contributed by atoms with E-state index in [1.807, 2.05) is 20.8 Å². The molecular weight excluding hydrogens is 299 g/mol. The van der Waals surface area contributed by atoms with E-state index >= 15 is 0 Å². The minimum atomic E-state index is -0.816. The fourth-order valence-electron chi connectivity index (χ4n) is 1.66. The van der Waals surface area contributed by atoms with Gasteiger partial charge in [-0.3, -0.25) is 4.79 Å². The summed E-state index contributed by atoms with van der Waals surface area (Å²) in [6.45, 7) is 6.08. The number of benzene rings is 1. The monoisotopic (exact) mass is 318 g/mol. The van der Waals surface area contributed by atoms with Crippen LogP contribution in [0.3, 0.4) is 0 Å². The predicted molar refractivity (Wildman–Crippen MR) is 82.2 cm³/mol. The van der Waals surface area contributed by atoms with Crippen LogP contribution in [0.25, 0.3) is 0 Å². The van der Waals surface area contributed by atoms with Crippen LogP contribution < -0.4 is 10.6 Å². The van der Waals surface area contributed by atoms with Gasteiger partial charge in [-0.2, -0.15) is 0 Å². The predicted octanol–water partition coefficient (Wildman–Crippen LogP) is 2.53. The molecule has 1 aromatic carbocycles. The maximum atomic E-state index is 11.6. The number of amides is 1. The molecule has 0 aliphatic carbocycles. The lowest BCUT2D eigenvalue weighted by molar-refractivity contribution is -0.121. The van der Waals surface area contributed by atoms with Gasteiger partial charge in [-0.1, -0.05) is 23.2 Å². The first-order valence-electron chi connectivity index (χ1n) is 6.34. The number of carbonyl (C=O) groups excluding carboxylic acids is 1. The molecule has 0 radical (unpaired) electrons. The molecule has 0 heterocycles. The molecule has 0 aromatic heterocycles. The highest BCUT2D eigenvalue weighted by atomic mass is 35.5. The van der Waals surface area contributed by atoms with Gasteiger partial charge in [0.05, 0.1) is 12.6 Å². The average Bonchev–Trinajstić information content (AvgIpc) is 2.29. The highest BCUT2D eigenvalue weighted by Gasteiger charge is 2.15. The van der Waals surface area contributed by atoms with Crippen molar-refractivity contribution in [1.82, 2.24) is 10.6 Å². The average molecular weight is 319 g/mol. The Balaban J connectivity index is 2.46. The molecule has 1 amide bonds. The first-order chi connectivity index (χ1) is 9.19. The van der Waals surface area contributed by atoms with Gasteiger partial charge in [-0.15, -0.1) is 0 Å². The Morgan fingerprint density at radius 2 is 2.00 bits per heavy atom. The topological polar surface area (TPSA) is 61.4 Å². The molecule has 1 unspecified atom stereocenters. The van der Waals surface area contributed by atoms with E-state index in [1.54, 1.807) is 18.2 Å². The Labute approximate surface area is 129 Å². The quantitative estimate of drug-likeness (QED) is 0.781. The van der Waals surface area contributed by atoms with E-state index in [0.29, 0.717) is 15.6 Å². The number of rotatable bonds is 5. The molecule has 0 saturated carbocycles. The number of halogens is 2. The first kappa shape index (κ1) is 17.2. The molecule has 3 N–H and O–H groups in total. The summed E-state index contributed by atoms with van der Waals surface area (Å²) >= 11 is 11.9. The van der Waals surface area contributed by atoms with E-state index in [9.17, 15) is 9.90 Å². The Morgan fingerprint density at radius 3 is 2.60 bits per heavy atom. The summed E-state index contributed by atoms with van der Waals surface area (Å²) in [6, 6.07) is 4.91. The van der Waals surface area contributed by atoms with Crippen LogP contribution in [-0.2, 0) is 4.79 Å². The van der Waals surface area contributed by atoms with Crippen LogP contribution in [0.4, 0.5) is 0 Å². The molecular formula is C14H20Cl2N2O2. The third kappa shape index (κ3) is 6.09. The van der Waals surface area contributed by atoms with E-state index in [2.05, 4.69) is 10.6 Å². The minimum absolute atomic E-state index is 0.123. The van der Waals surface area contributed by atoms with Crippen LogP contribution in [0.2, 0.25) is 10.0 Å². The van der Waals surface area contributed by atoms with Gasteiger partial charge in [0, 0.05) is 27.7 Å². The van der Waals surface area contributed by atoms with Crippen LogP contribution in [-0.4, -0.2) is 29.6 Å². The van der Waals surface area contributed by atoms with E-state index in [4.69, 9.17) is 23.2 Å². The zero-order valence-electron chi connectivity index (χ0n) is 11.8. The van der Waals surface area contributed by atoms with Crippen LogP contribution in [0.15, 0.2) is 18.2 Å². The van der Waals surface area contributed by atoms with Gasteiger partial charge in [-0.05, 0) is 39.0 Å². The van der Waals surface area contributed by atoms with Crippen molar-refractivity contribution in [1.29, 1.82) is 0 Å². The van der Waals surface area contributed by atoms with Crippen molar-refractivity contribution in [2.75, 3.05) is 13.1 Å². The molecule has 0 bridgehead atoms. The zero-order valence-corrected chi connectivity index (χ0v) is 13.3. The SMILES string of the molecule is CC(C)(C)NC(=O)CNCC(O)c1cc(Cl)ccc1Cl. The fraction of sp³-hybridized carbons (Fsp3) is 0.500. The third-order valence-corrected chi connectivity index (χ3v) is 3.03. The van der Waals surface area contributed by atoms with Crippen molar-refractivity contribution in [3.63, 3.8) is 0 Å². The molecule has 0 aliphatic heterocycles. The van der Waals surface area contributed by atoms with Crippen LogP contribution in [0.1, 0.15) is 32.4 Å². The van der Waals surface area contributed by atoms with Gasteiger partial charge in [0.2, 0.25) is 5.91 Å². The summed E-state index contributed by atoms with van der Waals surface area (Å²) in [7, 11) is 0. The summed E-state index contributed by atoms with van der Waals surface area (Å²) in [5, 5.41) is 16.7. The first-order valence-corrected chi connectivity index (χ1v) is 7.09. The van der Waals surface area contributed by atoms with E-state index in [-0.39, 0.29) is 24.5 Å². The second-order valence-electron chi connectivity index (χ2n) is 5.61. The standard InChI is InChI=1S/C14H20Cl2N2O2/c1-14(2,3)18-13(20)8-17-7-12(19)10-6-9(15)4-5-11(10)16/h4-6,12,17,19H,7-8H2,1-3H3,(H,18,20). The van der Waals surface area contributed by atoms with Crippen LogP contribution in [0, 0.1) is 0 Å². The number of nitrogens with one attached hydrogen (secondary N) is 2. The Hall–Kier alpha value is -0.810. The summed E-state index contributed by atoms with van der Waals surface area (Å²) in [6.07, 6.45) is -0.816. The molecule has 1 rings (SSSR count). The number of carbonyl (C=O) groups is 1. The van der Waals surface area contributed by atoms with Crippen LogP contribution >= 0.6 is 23.2 Å². The van der Waals surface area contributed by atoms with Gasteiger partial charge < -0.3 is 15.7 Å². The summed E-state index contributed by atoms with van der Waals surface area (Å²) in [5.74, 6) is -0.123. The number of hydrogen-bond donors (Lipinski definition) is 3. The minimum Gasteiger partial charge on any atom is -0.387 e. The van der Waals surface area contributed by atoms with Gasteiger partial charge in [-0.25, -0.2) is 0 Å². The number of aliphatic hydroxyl groups excluding tert-OH is 1. The molecule has 0 aliphatic rings. The zero-order chi connectivity index (χ0) is 15.3. The van der Waals surface area contributed by atoms with Crippen molar-refractivity contribution >= 4 is 29.1 Å². The molecule has 4 nitrogen and oxygen atoms in total. The summed E-state index contributed by atoms with van der Waals surface area (Å²) < 4.78 is 0. The van der Waals surface area contributed by atoms with Crippen molar-refractivity contribution in [3.05, 3.63) is 33.8 Å². The Kier molecular flexibility index (Phi) is 6.27. The Morgan fingerprint density at radius 1 is 1.35 bits per heavy atom. The lowest BCUT2D eigenvalue weighted by atomic mass is 10.1. The molecule has 1 aromatic rings. The van der Waals surface area contributed by atoms with Gasteiger partial charge >= 0.3 is 0 Å². The van der Waals surface area contributed by atoms with Gasteiger partial charge in [0.1, 0.15) is 0 Å². The van der Waals surface area contributed by atoms with Crippen molar-refractivity contribution < 1.29 is 9.90 Å². The highest BCUT2D eigenvalue weighted by molar-refractivity contribution is 6.33. The normalized spacial score (nSPS) is 13.1. The maximum absolute atomic E-state index is 11.6. The smallest absolute Gasteiger partial charge is 0.234 e. The molecule has 20 heavy (non-hydrogen) atoms. The molecule has 0 fully saturated rings. The number of hydrogen-bond acceptors (Lipinski definition) is 3. The van der Waals surface area contributed by atoms with Gasteiger partial charge in [0.15, 0.2) is 0 Å². The summed E-state index contributed by atoms with van der Waals surface area (Å²) in [5.41, 5.74) is 0.274. The van der Waals surface area contributed by atoms with Crippen molar-refractivity contribution in [3.8, 4) is 0 Å².